The van der Waals surface area contributed by atoms with Crippen LogP contribution in [-0.4, -0.2) is 5.78 Å². The van der Waals surface area contributed by atoms with Crippen molar-refractivity contribution in [1.82, 2.24) is 0 Å². The van der Waals surface area contributed by atoms with Gasteiger partial charge in [0.1, 0.15) is 0 Å². The number of halogens is 4. The SMILES string of the molecule is O=C(c1ccc(C(F)(F)F)cc1)c1occc1Br. The van der Waals surface area contributed by atoms with Crippen molar-refractivity contribution in [3.63, 3.8) is 0 Å². The highest BCUT2D eigenvalue weighted by molar-refractivity contribution is 9.10. The lowest BCUT2D eigenvalue weighted by Crippen LogP contribution is -2.06. The van der Waals surface area contributed by atoms with Crippen LogP contribution in [0.5, 0.6) is 0 Å². The van der Waals surface area contributed by atoms with E-state index in [4.69, 9.17) is 4.42 Å². The molecular weight excluding hydrogens is 313 g/mol. The molecule has 0 saturated carbocycles. The molecule has 0 fully saturated rings. The summed E-state index contributed by atoms with van der Waals surface area (Å²) < 4.78 is 42.5. The lowest BCUT2D eigenvalue weighted by molar-refractivity contribution is -0.137. The Labute approximate surface area is 109 Å². The second kappa shape index (κ2) is 4.61. The predicted molar refractivity (Wildman–Crippen MR) is 61.3 cm³/mol. The maximum atomic E-state index is 12.3. The van der Waals surface area contributed by atoms with E-state index in [1.165, 1.54) is 12.3 Å². The molecule has 1 heterocycles. The van der Waals surface area contributed by atoms with Crippen LogP contribution in [-0.2, 0) is 6.18 Å². The van der Waals surface area contributed by atoms with Crippen LogP contribution in [0.25, 0.3) is 0 Å². The summed E-state index contributed by atoms with van der Waals surface area (Å²) in [5.74, 6) is -0.407. The maximum Gasteiger partial charge on any atom is 0.416 e. The van der Waals surface area contributed by atoms with Crippen LogP contribution >= 0.6 is 15.9 Å². The van der Waals surface area contributed by atoms with E-state index in [1.807, 2.05) is 0 Å². The second-order valence-corrected chi connectivity index (χ2v) is 4.36. The van der Waals surface area contributed by atoms with E-state index in [0.717, 1.165) is 24.3 Å². The quantitative estimate of drug-likeness (QED) is 0.773. The summed E-state index contributed by atoms with van der Waals surface area (Å²) >= 11 is 3.12. The van der Waals surface area contributed by atoms with E-state index in [2.05, 4.69) is 15.9 Å². The van der Waals surface area contributed by atoms with Crippen LogP contribution in [0.2, 0.25) is 0 Å². The summed E-state index contributed by atoms with van der Waals surface area (Å²) in [4.78, 5) is 11.9. The minimum absolute atomic E-state index is 0.0646. The highest BCUT2D eigenvalue weighted by Gasteiger charge is 2.30. The van der Waals surface area contributed by atoms with Crippen LogP contribution in [0.4, 0.5) is 13.2 Å². The van der Waals surface area contributed by atoms with Gasteiger partial charge < -0.3 is 4.42 Å². The first kappa shape index (κ1) is 12.9. The molecule has 0 aliphatic carbocycles. The molecule has 2 aromatic rings. The third-order valence-electron chi connectivity index (χ3n) is 2.30. The van der Waals surface area contributed by atoms with Crippen LogP contribution in [0.1, 0.15) is 21.7 Å². The fourth-order valence-electron chi connectivity index (χ4n) is 1.40. The number of furan rings is 1. The van der Waals surface area contributed by atoms with Crippen LogP contribution in [0.15, 0.2) is 45.5 Å². The Morgan fingerprint density at radius 2 is 1.72 bits per heavy atom. The molecule has 0 atom stereocenters. The molecule has 0 saturated heterocycles. The van der Waals surface area contributed by atoms with Gasteiger partial charge in [0.15, 0.2) is 5.76 Å². The fourth-order valence-corrected chi connectivity index (χ4v) is 1.78. The zero-order chi connectivity index (χ0) is 13.3. The van der Waals surface area contributed by atoms with Gasteiger partial charge in [0, 0.05) is 5.56 Å². The summed E-state index contributed by atoms with van der Waals surface area (Å²) in [5, 5.41) is 0. The van der Waals surface area contributed by atoms with Crippen molar-refractivity contribution < 1.29 is 22.4 Å². The molecule has 0 amide bonds. The molecule has 1 aromatic carbocycles. The Morgan fingerprint density at radius 1 is 1.11 bits per heavy atom. The third-order valence-corrected chi connectivity index (χ3v) is 2.92. The Kier molecular flexibility index (Phi) is 3.30. The molecule has 2 rings (SSSR count). The van der Waals surface area contributed by atoms with Crippen molar-refractivity contribution in [2.45, 2.75) is 6.18 Å². The summed E-state index contributed by atoms with van der Waals surface area (Å²) in [6.07, 6.45) is -3.09. The zero-order valence-corrected chi connectivity index (χ0v) is 10.4. The molecule has 0 radical (unpaired) electrons. The van der Waals surface area contributed by atoms with Crippen molar-refractivity contribution in [2.75, 3.05) is 0 Å². The van der Waals surface area contributed by atoms with Crippen molar-refractivity contribution in [1.29, 1.82) is 0 Å². The first-order valence-electron chi connectivity index (χ1n) is 4.84. The summed E-state index contributed by atoms with van der Waals surface area (Å²) in [6.45, 7) is 0. The molecule has 18 heavy (non-hydrogen) atoms. The van der Waals surface area contributed by atoms with Crippen LogP contribution in [0, 0.1) is 0 Å². The Balaban J connectivity index is 2.31. The number of alkyl halides is 3. The van der Waals surface area contributed by atoms with E-state index >= 15 is 0 Å². The molecular formula is C12H6BrF3O2. The van der Waals surface area contributed by atoms with Gasteiger partial charge in [-0.15, -0.1) is 0 Å². The first-order chi connectivity index (χ1) is 8.39. The lowest BCUT2D eigenvalue weighted by Gasteiger charge is -2.06. The number of carbonyl (C=O) groups is 1. The average molecular weight is 319 g/mol. The molecule has 2 nitrogen and oxygen atoms in total. The van der Waals surface area contributed by atoms with Gasteiger partial charge >= 0.3 is 6.18 Å². The molecule has 0 aliphatic heterocycles. The van der Waals surface area contributed by atoms with Gasteiger partial charge in [-0.2, -0.15) is 13.2 Å². The van der Waals surface area contributed by atoms with E-state index < -0.39 is 17.5 Å². The number of hydrogen-bond donors (Lipinski definition) is 0. The average Bonchev–Trinajstić information content (AvgIpc) is 2.73. The van der Waals surface area contributed by atoms with Crippen LogP contribution in [0.3, 0.4) is 0 Å². The first-order valence-corrected chi connectivity index (χ1v) is 5.64. The van der Waals surface area contributed by atoms with Gasteiger partial charge in [0.25, 0.3) is 0 Å². The Hall–Kier alpha value is -1.56. The van der Waals surface area contributed by atoms with Crippen molar-refractivity contribution >= 4 is 21.7 Å². The zero-order valence-electron chi connectivity index (χ0n) is 8.79. The Bertz CT molecular complexity index is 570. The number of carbonyl (C=O) groups excluding carboxylic acids is 1. The van der Waals surface area contributed by atoms with Crippen molar-refractivity contribution in [2.24, 2.45) is 0 Å². The minimum atomic E-state index is -4.41. The highest BCUT2D eigenvalue weighted by Crippen LogP contribution is 2.29. The molecule has 6 heteroatoms. The lowest BCUT2D eigenvalue weighted by atomic mass is 10.1. The monoisotopic (exact) mass is 318 g/mol. The van der Waals surface area contributed by atoms with Gasteiger partial charge in [-0.3, -0.25) is 4.79 Å². The van der Waals surface area contributed by atoms with E-state index in [0.29, 0.717) is 4.47 Å². The Morgan fingerprint density at radius 3 is 2.17 bits per heavy atom. The van der Waals surface area contributed by atoms with Crippen molar-refractivity contribution in [3.05, 3.63) is 58.0 Å². The normalized spacial score (nSPS) is 11.6. The minimum Gasteiger partial charge on any atom is -0.460 e. The summed E-state index contributed by atoms with van der Waals surface area (Å²) in [5.41, 5.74) is -0.656. The number of benzene rings is 1. The van der Waals surface area contributed by atoms with Crippen molar-refractivity contribution in [3.8, 4) is 0 Å². The number of ketones is 1. The predicted octanol–water partition coefficient (Wildman–Crippen LogP) is 4.29. The second-order valence-electron chi connectivity index (χ2n) is 3.50. The van der Waals surface area contributed by atoms with Gasteiger partial charge in [0.05, 0.1) is 16.3 Å². The molecule has 94 valence electrons. The number of hydrogen-bond acceptors (Lipinski definition) is 2. The molecule has 0 spiro atoms. The molecule has 0 bridgehead atoms. The maximum absolute atomic E-state index is 12.3. The van der Waals surface area contributed by atoms with Gasteiger partial charge in [-0.1, -0.05) is 12.1 Å². The van der Waals surface area contributed by atoms with Gasteiger partial charge in [0.2, 0.25) is 5.78 Å². The largest absolute Gasteiger partial charge is 0.460 e. The fraction of sp³-hybridized carbons (Fsp3) is 0.0833. The molecule has 0 aliphatic rings. The molecule has 1 aromatic heterocycles. The third kappa shape index (κ3) is 2.48. The molecule has 0 unspecified atom stereocenters. The topological polar surface area (TPSA) is 30.2 Å². The highest BCUT2D eigenvalue weighted by atomic mass is 79.9. The molecule has 0 N–H and O–H groups in total. The van der Waals surface area contributed by atoms with E-state index in [-0.39, 0.29) is 11.3 Å². The smallest absolute Gasteiger partial charge is 0.416 e. The van der Waals surface area contributed by atoms with Gasteiger partial charge in [-0.25, -0.2) is 0 Å². The number of rotatable bonds is 2. The standard InChI is InChI=1S/C12H6BrF3O2/c13-9-5-6-18-11(9)10(17)7-1-3-8(4-2-7)12(14,15)16/h1-6H. The van der Waals surface area contributed by atoms with Gasteiger partial charge in [-0.05, 0) is 34.1 Å². The van der Waals surface area contributed by atoms with E-state index in [9.17, 15) is 18.0 Å². The van der Waals surface area contributed by atoms with E-state index in [1.54, 1.807) is 0 Å². The summed E-state index contributed by atoms with van der Waals surface area (Å²) in [6, 6.07) is 5.52. The summed E-state index contributed by atoms with van der Waals surface area (Å²) in [7, 11) is 0. The van der Waals surface area contributed by atoms with Crippen LogP contribution < -0.4 is 0 Å².